The second-order valence-electron chi connectivity index (χ2n) is 5.28. The lowest BCUT2D eigenvalue weighted by Gasteiger charge is -2.38. The molecule has 0 saturated carbocycles. The number of benzene rings is 1. The fraction of sp³-hybridized carbons (Fsp3) is 0.400. The Morgan fingerprint density at radius 1 is 1.25 bits per heavy atom. The summed E-state index contributed by atoms with van der Waals surface area (Å²) >= 11 is 7.61. The van der Waals surface area contributed by atoms with Gasteiger partial charge in [-0.2, -0.15) is 0 Å². The SMILES string of the molecule is Cc1cnc(N2CCC(O)(c3ccc(Cl)cc3)CC2)s1. The van der Waals surface area contributed by atoms with E-state index in [0.717, 1.165) is 23.8 Å². The van der Waals surface area contributed by atoms with Crippen molar-refractivity contribution in [3.8, 4) is 0 Å². The molecule has 1 aliphatic rings. The van der Waals surface area contributed by atoms with Gasteiger partial charge in [0.05, 0.1) is 5.60 Å². The number of hydrogen-bond acceptors (Lipinski definition) is 4. The average Bonchev–Trinajstić information content (AvgIpc) is 2.87. The van der Waals surface area contributed by atoms with Crippen molar-refractivity contribution in [3.63, 3.8) is 0 Å². The normalized spacial score (nSPS) is 18.2. The molecule has 1 aliphatic heterocycles. The quantitative estimate of drug-likeness (QED) is 0.921. The van der Waals surface area contributed by atoms with E-state index in [4.69, 9.17) is 11.6 Å². The molecule has 1 saturated heterocycles. The average molecular weight is 309 g/mol. The summed E-state index contributed by atoms with van der Waals surface area (Å²) in [6.45, 7) is 3.72. The van der Waals surface area contributed by atoms with Crippen LogP contribution in [0, 0.1) is 6.92 Å². The third-order valence-corrected chi connectivity index (χ3v) is 5.08. The van der Waals surface area contributed by atoms with Gasteiger partial charge in [0.1, 0.15) is 0 Å². The number of nitrogens with zero attached hydrogens (tertiary/aromatic N) is 2. The molecule has 1 N–H and O–H groups in total. The highest BCUT2D eigenvalue weighted by molar-refractivity contribution is 7.15. The van der Waals surface area contributed by atoms with Crippen molar-refractivity contribution >= 4 is 28.1 Å². The van der Waals surface area contributed by atoms with Crippen LogP contribution in [0.3, 0.4) is 0 Å². The highest BCUT2D eigenvalue weighted by atomic mass is 35.5. The van der Waals surface area contributed by atoms with Gasteiger partial charge in [-0.05, 0) is 37.5 Å². The van der Waals surface area contributed by atoms with Gasteiger partial charge in [0.25, 0.3) is 0 Å². The molecule has 1 fully saturated rings. The van der Waals surface area contributed by atoms with Gasteiger partial charge in [0, 0.05) is 29.2 Å². The summed E-state index contributed by atoms with van der Waals surface area (Å²) in [4.78, 5) is 7.89. The number of aliphatic hydroxyl groups is 1. The minimum atomic E-state index is -0.743. The molecule has 0 amide bonds. The predicted molar refractivity (Wildman–Crippen MR) is 83.6 cm³/mol. The number of aryl methyl sites for hydroxylation is 1. The van der Waals surface area contributed by atoms with Crippen LogP contribution in [-0.2, 0) is 5.60 Å². The summed E-state index contributed by atoms with van der Waals surface area (Å²) in [6, 6.07) is 7.52. The van der Waals surface area contributed by atoms with Gasteiger partial charge in [0.2, 0.25) is 0 Å². The molecule has 106 valence electrons. The maximum absolute atomic E-state index is 10.8. The highest BCUT2D eigenvalue weighted by Crippen LogP contribution is 2.35. The first kappa shape index (κ1) is 13.9. The topological polar surface area (TPSA) is 36.4 Å². The van der Waals surface area contributed by atoms with Crippen LogP contribution >= 0.6 is 22.9 Å². The number of aromatic nitrogens is 1. The molecule has 3 rings (SSSR count). The predicted octanol–water partition coefficient (Wildman–Crippen LogP) is 3.59. The summed E-state index contributed by atoms with van der Waals surface area (Å²) in [5, 5.41) is 12.6. The third-order valence-electron chi connectivity index (χ3n) is 3.85. The molecular weight excluding hydrogens is 292 g/mol. The summed E-state index contributed by atoms with van der Waals surface area (Å²) in [5.41, 5.74) is 0.213. The zero-order chi connectivity index (χ0) is 14.2. The lowest BCUT2D eigenvalue weighted by Crippen LogP contribution is -2.42. The van der Waals surface area contributed by atoms with E-state index in [-0.39, 0.29) is 0 Å². The summed E-state index contributed by atoms with van der Waals surface area (Å²) in [7, 11) is 0. The Bertz CT molecular complexity index is 588. The van der Waals surface area contributed by atoms with Crippen LogP contribution in [0.2, 0.25) is 5.02 Å². The van der Waals surface area contributed by atoms with Gasteiger partial charge in [-0.3, -0.25) is 0 Å². The van der Waals surface area contributed by atoms with Crippen molar-refractivity contribution < 1.29 is 5.11 Å². The van der Waals surface area contributed by atoms with E-state index in [0.29, 0.717) is 17.9 Å². The van der Waals surface area contributed by atoms with Gasteiger partial charge >= 0.3 is 0 Å². The van der Waals surface area contributed by atoms with Crippen molar-refractivity contribution in [1.29, 1.82) is 0 Å². The van der Waals surface area contributed by atoms with Crippen LogP contribution < -0.4 is 4.90 Å². The lowest BCUT2D eigenvalue weighted by atomic mass is 9.84. The van der Waals surface area contributed by atoms with E-state index in [2.05, 4.69) is 16.8 Å². The van der Waals surface area contributed by atoms with E-state index < -0.39 is 5.60 Å². The number of halogens is 1. The summed E-state index contributed by atoms with van der Waals surface area (Å²) in [6.07, 6.45) is 3.33. The van der Waals surface area contributed by atoms with Crippen molar-refractivity contribution in [1.82, 2.24) is 4.98 Å². The van der Waals surface area contributed by atoms with Crippen molar-refractivity contribution in [2.45, 2.75) is 25.4 Å². The molecule has 0 radical (unpaired) electrons. The van der Waals surface area contributed by atoms with E-state index in [1.165, 1.54) is 4.88 Å². The van der Waals surface area contributed by atoms with Gasteiger partial charge in [-0.25, -0.2) is 4.98 Å². The zero-order valence-electron chi connectivity index (χ0n) is 11.3. The lowest BCUT2D eigenvalue weighted by molar-refractivity contribution is 0.0118. The van der Waals surface area contributed by atoms with Gasteiger partial charge < -0.3 is 10.0 Å². The van der Waals surface area contributed by atoms with E-state index >= 15 is 0 Å². The Morgan fingerprint density at radius 2 is 1.90 bits per heavy atom. The van der Waals surface area contributed by atoms with E-state index in [1.54, 1.807) is 11.3 Å². The first-order valence-corrected chi connectivity index (χ1v) is 7.92. The largest absolute Gasteiger partial charge is 0.385 e. The molecule has 2 aromatic rings. The molecule has 0 atom stereocenters. The van der Waals surface area contributed by atoms with Crippen molar-refractivity contribution in [2.24, 2.45) is 0 Å². The maximum Gasteiger partial charge on any atom is 0.185 e. The van der Waals surface area contributed by atoms with Crippen LogP contribution in [0.4, 0.5) is 5.13 Å². The smallest absolute Gasteiger partial charge is 0.185 e. The van der Waals surface area contributed by atoms with Crippen LogP contribution in [0.15, 0.2) is 30.5 Å². The number of anilines is 1. The van der Waals surface area contributed by atoms with Gasteiger partial charge in [-0.15, -0.1) is 11.3 Å². The molecule has 2 heterocycles. The minimum absolute atomic E-state index is 0.702. The standard InChI is InChI=1S/C15H17ClN2OS/c1-11-10-17-14(20-11)18-8-6-15(19,7-9-18)12-2-4-13(16)5-3-12/h2-5,10,19H,6-9H2,1H3. The molecule has 5 heteroatoms. The summed E-state index contributed by atoms with van der Waals surface area (Å²) in [5.74, 6) is 0. The molecule has 0 unspecified atom stereocenters. The monoisotopic (exact) mass is 308 g/mol. The minimum Gasteiger partial charge on any atom is -0.385 e. The molecule has 1 aromatic carbocycles. The number of hydrogen-bond donors (Lipinski definition) is 1. The van der Waals surface area contributed by atoms with Crippen LogP contribution in [0.5, 0.6) is 0 Å². The Hall–Kier alpha value is -1.10. The molecule has 1 aromatic heterocycles. The highest BCUT2D eigenvalue weighted by Gasteiger charge is 2.34. The maximum atomic E-state index is 10.8. The van der Waals surface area contributed by atoms with E-state index in [9.17, 15) is 5.11 Å². The first-order valence-electron chi connectivity index (χ1n) is 6.73. The Morgan fingerprint density at radius 3 is 2.45 bits per heavy atom. The number of piperidine rings is 1. The van der Waals surface area contributed by atoms with Crippen molar-refractivity contribution in [3.05, 3.63) is 45.9 Å². The van der Waals surface area contributed by atoms with Crippen molar-refractivity contribution in [2.75, 3.05) is 18.0 Å². The third kappa shape index (κ3) is 2.68. The molecule has 0 spiro atoms. The van der Waals surface area contributed by atoms with Gasteiger partial charge in [-0.1, -0.05) is 23.7 Å². The van der Waals surface area contributed by atoms with Crippen LogP contribution in [-0.4, -0.2) is 23.2 Å². The Labute approximate surface area is 127 Å². The van der Waals surface area contributed by atoms with Gasteiger partial charge in [0.15, 0.2) is 5.13 Å². The molecular formula is C15H17ClN2OS. The number of rotatable bonds is 2. The second kappa shape index (κ2) is 5.35. The Kier molecular flexibility index (Phi) is 3.71. The molecule has 20 heavy (non-hydrogen) atoms. The molecule has 0 aliphatic carbocycles. The van der Waals surface area contributed by atoms with Crippen LogP contribution in [0.25, 0.3) is 0 Å². The van der Waals surface area contributed by atoms with Crippen LogP contribution in [0.1, 0.15) is 23.3 Å². The fourth-order valence-electron chi connectivity index (χ4n) is 2.61. The molecule has 0 bridgehead atoms. The zero-order valence-corrected chi connectivity index (χ0v) is 12.9. The summed E-state index contributed by atoms with van der Waals surface area (Å²) < 4.78 is 0. The Balaban J connectivity index is 1.72. The first-order chi connectivity index (χ1) is 9.57. The fourth-order valence-corrected chi connectivity index (χ4v) is 3.54. The van der Waals surface area contributed by atoms with E-state index in [1.807, 2.05) is 30.5 Å². The second-order valence-corrected chi connectivity index (χ2v) is 6.93. The number of thiazole rings is 1. The molecule has 3 nitrogen and oxygen atoms in total.